The second-order valence-electron chi connectivity index (χ2n) is 6.23. The van der Waals surface area contributed by atoms with Crippen molar-refractivity contribution in [2.75, 3.05) is 20.1 Å². The van der Waals surface area contributed by atoms with Crippen LogP contribution in [-0.4, -0.2) is 37.1 Å². The summed E-state index contributed by atoms with van der Waals surface area (Å²) in [5, 5.41) is 3.43. The van der Waals surface area contributed by atoms with Crippen molar-refractivity contribution >= 4 is 0 Å². The fourth-order valence-corrected chi connectivity index (χ4v) is 1.91. The molecule has 0 spiro atoms. The van der Waals surface area contributed by atoms with E-state index < -0.39 is 0 Å². The summed E-state index contributed by atoms with van der Waals surface area (Å²) in [6.45, 7) is 18.3. The lowest BCUT2D eigenvalue weighted by Gasteiger charge is -2.41. The van der Waals surface area contributed by atoms with E-state index in [4.69, 9.17) is 0 Å². The van der Waals surface area contributed by atoms with E-state index in [2.05, 4.69) is 65.7 Å². The van der Waals surface area contributed by atoms with E-state index >= 15 is 0 Å². The Labute approximate surface area is 103 Å². The molecule has 2 heteroatoms. The third-order valence-corrected chi connectivity index (χ3v) is 4.05. The Morgan fingerprint density at radius 1 is 1.12 bits per heavy atom. The molecular weight excluding hydrogens is 196 g/mol. The zero-order chi connectivity index (χ0) is 12.9. The van der Waals surface area contributed by atoms with Gasteiger partial charge in [0.1, 0.15) is 0 Å². The van der Waals surface area contributed by atoms with Crippen molar-refractivity contribution in [3.8, 4) is 0 Å². The highest BCUT2D eigenvalue weighted by molar-refractivity contribution is 4.82. The first-order valence-electron chi connectivity index (χ1n) is 6.64. The van der Waals surface area contributed by atoms with Crippen LogP contribution in [0.15, 0.2) is 0 Å². The predicted molar refractivity (Wildman–Crippen MR) is 73.8 cm³/mol. The molecule has 0 fully saturated rings. The summed E-state index contributed by atoms with van der Waals surface area (Å²) < 4.78 is 0. The van der Waals surface area contributed by atoms with Crippen molar-refractivity contribution in [2.24, 2.45) is 11.3 Å². The predicted octanol–water partition coefficient (Wildman–Crippen LogP) is 2.99. The minimum Gasteiger partial charge on any atom is -0.317 e. The standard InChI is InChI=1S/C14H32N2/c1-9-15-10-11(2)12(3)16(8)13(4)14(5,6)7/h11-13,15H,9-10H2,1-8H3. The molecule has 0 aliphatic rings. The number of nitrogens with zero attached hydrogens (tertiary/aromatic N) is 1. The van der Waals surface area contributed by atoms with Crippen LogP contribution in [0, 0.1) is 11.3 Å². The van der Waals surface area contributed by atoms with E-state index in [9.17, 15) is 0 Å². The normalized spacial score (nSPS) is 18.6. The maximum atomic E-state index is 3.43. The Hall–Kier alpha value is -0.0800. The van der Waals surface area contributed by atoms with Gasteiger partial charge >= 0.3 is 0 Å². The maximum Gasteiger partial charge on any atom is 0.0115 e. The van der Waals surface area contributed by atoms with Gasteiger partial charge in [0.2, 0.25) is 0 Å². The molecule has 0 radical (unpaired) electrons. The van der Waals surface area contributed by atoms with Gasteiger partial charge in [-0.25, -0.2) is 0 Å². The summed E-state index contributed by atoms with van der Waals surface area (Å²) >= 11 is 0. The minimum atomic E-state index is 0.348. The van der Waals surface area contributed by atoms with E-state index in [0.717, 1.165) is 13.1 Å². The average Bonchev–Trinajstić information content (AvgIpc) is 2.21. The number of hydrogen-bond acceptors (Lipinski definition) is 2. The Kier molecular flexibility index (Phi) is 6.57. The fourth-order valence-electron chi connectivity index (χ4n) is 1.91. The van der Waals surface area contributed by atoms with Crippen molar-refractivity contribution < 1.29 is 0 Å². The lowest BCUT2D eigenvalue weighted by Crippen LogP contribution is -2.48. The van der Waals surface area contributed by atoms with Gasteiger partial charge in [-0.2, -0.15) is 0 Å². The van der Waals surface area contributed by atoms with Crippen molar-refractivity contribution in [3.63, 3.8) is 0 Å². The van der Waals surface area contributed by atoms with Gasteiger partial charge in [-0.1, -0.05) is 34.6 Å². The summed E-state index contributed by atoms with van der Waals surface area (Å²) in [5.74, 6) is 0.690. The van der Waals surface area contributed by atoms with Crippen LogP contribution in [0.4, 0.5) is 0 Å². The molecule has 0 aromatic carbocycles. The van der Waals surface area contributed by atoms with Crippen LogP contribution in [0.25, 0.3) is 0 Å². The van der Waals surface area contributed by atoms with Crippen molar-refractivity contribution in [1.29, 1.82) is 0 Å². The molecule has 0 aliphatic carbocycles. The van der Waals surface area contributed by atoms with Gasteiger partial charge in [-0.3, -0.25) is 0 Å². The van der Waals surface area contributed by atoms with E-state index in [-0.39, 0.29) is 0 Å². The molecular formula is C14H32N2. The molecule has 0 rings (SSSR count). The highest BCUT2D eigenvalue weighted by Gasteiger charge is 2.28. The summed E-state index contributed by atoms with van der Waals surface area (Å²) in [6.07, 6.45) is 0. The first-order chi connectivity index (χ1) is 7.21. The van der Waals surface area contributed by atoms with Gasteiger partial charge in [0.05, 0.1) is 0 Å². The topological polar surface area (TPSA) is 15.3 Å². The van der Waals surface area contributed by atoms with Crippen molar-refractivity contribution in [3.05, 3.63) is 0 Å². The maximum absolute atomic E-state index is 3.43. The molecule has 1 N–H and O–H groups in total. The summed E-state index contributed by atoms with van der Waals surface area (Å²) in [4.78, 5) is 2.52. The zero-order valence-electron chi connectivity index (χ0n) is 12.6. The first kappa shape index (κ1) is 15.9. The van der Waals surface area contributed by atoms with E-state index in [0.29, 0.717) is 23.4 Å². The second kappa shape index (κ2) is 6.61. The number of nitrogens with one attached hydrogen (secondary N) is 1. The molecule has 16 heavy (non-hydrogen) atoms. The van der Waals surface area contributed by atoms with Crippen LogP contribution in [0.5, 0.6) is 0 Å². The second-order valence-corrected chi connectivity index (χ2v) is 6.23. The molecule has 3 unspecified atom stereocenters. The van der Waals surface area contributed by atoms with Crippen molar-refractivity contribution in [2.45, 2.75) is 60.5 Å². The zero-order valence-corrected chi connectivity index (χ0v) is 12.6. The molecule has 0 amide bonds. The highest BCUT2D eigenvalue weighted by Crippen LogP contribution is 2.25. The summed E-state index contributed by atoms with van der Waals surface area (Å²) in [6, 6.07) is 1.22. The van der Waals surface area contributed by atoms with Gasteiger partial charge in [-0.05, 0) is 45.3 Å². The van der Waals surface area contributed by atoms with E-state index in [1.54, 1.807) is 0 Å². The Morgan fingerprint density at radius 3 is 2.00 bits per heavy atom. The molecule has 0 aromatic rings. The van der Waals surface area contributed by atoms with Gasteiger partial charge in [0, 0.05) is 12.1 Å². The minimum absolute atomic E-state index is 0.348. The fraction of sp³-hybridized carbons (Fsp3) is 1.00. The molecule has 0 saturated carbocycles. The van der Waals surface area contributed by atoms with Crippen LogP contribution >= 0.6 is 0 Å². The number of hydrogen-bond donors (Lipinski definition) is 1. The van der Waals surface area contributed by atoms with Crippen LogP contribution < -0.4 is 5.32 Å². The average molecular weight is 228 g/mol. The lowest BCUT2D eigenvalue weighted by atomic mass is 9.85. The third kappa shape index (κ3) is 4.84. The molecule has 2 nitrogen and oxygen atoms in total. The van der Waals surface area contributed by atoms with Crippen LogP contribution in [0.1, 0.15) is 48.5 Å². The SMILES string of the molecule is CCNCC(C)C(C)N(C)C(C)C(C)(C)C. The van der Waals surface area contributed by atoms with Gasteiger partial charge in [0.25, 0.3) is 0 Å². The van der Waals surface area contributed by atoms with Gasteiger partial charge in [0.15, 0.2) is 0 Å². The first-order valence-corrected chi connectivity index (χ1v) is 6.64. The summed E-state index contributed by atoms with van der Waals surface area (Å²) in [7, 11) is 2.25. The highest BCUT2D eigenvalue weighted by atomic mass is 15.2. The van der Waals surface area contributed by atoms with E-state index in [1.165, 1.54) is 0 Å². The van der Waals surface area contributed by atoms with Crippen LogP contribution in [0.2, 0.25) is 0 Å². The Morgan fingerprint density at radius 2 is 1.62 bits per heavy atom. The van der Waals surface area contributed by atoms with E-state index in [1.807, 2.05) is 0 Å². The quantitative estimate of drug-likeness (QED) is 0.752. The van der Waals surface area contributed by atoms with Gasteiger partial charge < -0.3 is 10.2 Å². The van der Waals surface area contributed by atoms with Crippen LogP contribution in [-0.2, 0) is 0 Å². The largest absolute Gasteiger partial charge is 0.317 e. The Bertz CT molecular complexity index is 184. The molecule has 0 aliphatic heterocycles. The molecule has 3 atom stereocenters. The van der Waals surface area contributed by atoms with Crippen molar-refractivity contribution in [1.82, 2.24) is 10.2 Å². The lowest BCUT2D eigenvalue weighted by molar-refractivity contribution is 0.0797. The molecule has 0 aromatic heterocycles. The monoisotopic (exact) mass is 228 g/mol. The molecule has 0 bridgehead atoms. The van der Waals surface area contributed by atoms with Gasteiger partial charge in [-0.15, -0.1) is 0 Å². The Balaban J connectivity index is 4.31. The third-order valence-electron chi connectivity index (χ3n) is 4.05. The van der Waals surface area contributed by atoms with Crippen LogP contribution in [0.3, 0.4) is 0 Å². The molecule has 98 valence electrons. The molecule has 0 heterocycles. The number of rotatable bonds is 6. The smallest absolute Gasteiger partial charge is 0.0115 e. The summed E-state index contributed by atoms with van der Waals surface area (Å²) in [5.41, 5.74) is 0.348. The molecule has 0 saturated heterocycles.